The maximum atomic E-state index is 13.0. The van der Waals surface area contributed by atoms with Gasteiger partial charge in [0.2, 0.25) is 5.75 Å². The van der Waals surface area contributed by atoms with Gasteiger partial charge in [-0.3, -0.25) is 19.1 Å². The molecule has 0 bridgehead atoms. The number of benzene rings is 1. The van der Waals surface area contributed by atoms with E-state index < -0.39 is 25.0 Å². The van der Waals surface area contributed by atoms with E-state index in [2.05, 4.69) is 20.1 Å². The first-order chi connectivity index (χ1) is 15.7. The average Bonchev–Trinajstić information content (AvgIpc) is 2.81. The molecule has 178 valence electrons. The number of aromatic nitrogens is 2. The van der Waals surface area contributed by atoms with E-state index in [0.717, 1.165) is 32.7 Å². The highest BCUT2D eigenvalue weighted by atomic mass is 31.1. The Morgan fingerprint density at radius 2 is 1.76 bits per heavy atom. The third kappa shape index (κ3) is 6.90. The normalized spacial score (nSPS) is 15.4. The van der Waals surface area contributed by atoms with E-state index in [9.17, 15) is 23.7 Å². The predicted octanol–water partition coefficient (Wildman–Crippen LogP) is 1.17. The Morgan fingerprint density at radius 1 is 1.15 bits per heavy atom. The first-order valence-electron chi connectivity index (χ1n) is 10.9. The van der Waals surface area contributed by atoms with Crippen LogP contribution in [-0.2, 0) is 24.6 Å². The van der Waals surface area contributed by atoms with Gasteiger partial charge in [0.15, 0.2) is 11.9 Å². The van der Waals surface area contributed by atoms with Crippen molar-refractivity contribution in [2.45, 2.75) is 13.0 Å². The Labute approximate surface area is 193 Å². The molecule has 0 spiro atoms. The van der Waals surface area contributed by atoms with Crippen LogP contribution in [0.5, 0.6) is 5.75 Å². The molecule has 3 rings (SSSR count). The number of halogens is 1. The Kier molecular flexibility index (Phi) is 8.66. The topological polar surface area (TPSA) is 108 Å². The fourth-order valence-corrected chi connectivity index (χ4v) is 4.23. The number of rotatable bonds is 9. The molecule has 1 aromatic heterocycles. The summed E-state index contributed by atoms with van der Waals surface area (Å²) in [7, 11) is 0.399. The molecule has 0 radical (unpaired) electrons. The minimum absolute atomic E-state index is 0.112. The van der Waals surface area contributed by atoms with Crippen molar-refractivity contribution in [2.75, 3.05) is 52.1 Å². The number of hydrogen-bond acceptors (Lipinski definition) is 7. The molecular formula is C22H30FN5O4P+. The van der Waals surface area contributed by atoms with E-state index in [4.69, 9.17) is 0 Å². The molecule has 1 aliphatic rings. The second-order valence-electron chi connectivity index (χ2n) is 8.18. The second kappa shape index (κ2) is 11.4. The van der Waals surface area contributed by atoms with Crippen LogP contribution in [0.1, 0.15) is 21.9 Å². The Balaban J connectivity index is 1.60. The van der Waals surface area contributed by atoms with Gasteiger partial charge in [-0.2, -0.15) is 0 Å². The summed E-state index contributed by atoms with van der Waals surface area (Å²) in [6, 6.07) is 5.66. The smallest absolute Gasteiger partial charge is 0.336 e. The molecule has 9 nitrogen and oxygen atoms in total. The number of carbonyl (C=O) groups is 1. The summed E-state index contributed by atoms with van der Waals surface area (Å²) in [5, 5.41) is 12.8. The molecule has 1 saturated heterocycles. The quantitative estimate of drug-likeness (QED) is 0.521. The van der Waals surface area contributed by atoms with E-state index in [1.807, 2.05) is 0 Å². The van der Waals surface area contributed by atoms with Crippen LogP contribution in [0, 0.1) is 5.82 Å². The van der Waals surface area contributed by atoms with Crippen molar-refractivity contribution in [3.05, 3.63) is 57.5 Å². The van der Waals surface area contributed by atoms with Gasteiger partial charge in [0.1, 0.15) is 18.3 Å². The number of nitrogens with one attached hydrogen (secondary N) is 1. The molecule has 1 atom stereocenters. The number of aromatic hydroxyl groups is 1. The van der Waals surface area contributed by atoms with Gasteiger partial charge in [-0.1, -0.05) is 16.7 Å². The molecule has 2 aromatic rings. The first-order valence-corrected chi connectivity index (χ1v) is 12.8. The second-order valence-corrected chi connectivity index (χ2v) is 9.89. The fraction of sp³-hybridized carbons (Fsp3) is 0.500. The van der Waals surface area contributed by atoms with Gasteiger partial charge in [-0.25, -0.2) is 9.37 Å². The predicted molar refractivity (Wildman–Crippen MR) is 124 cm³/mol. The molecule has 1 unspecified atom stereocenters. The molecular weight excluding hydrogens is 448 g/mol. The minimum Gasteiger partial charge on any atom is -0.501 e. The highest BCUT2D eigenvalue weighted by molar-refractivity contribution is 7.43. The fourth-order valence-electron chi connectivity index (χ4n) is 3.66. The summed E-state index contributed by atoms with van der Waals surface area (Å²) in [5.74, 6) is -1.32. The first kappa shape index (κ1) is 25.0. The molecule has 1 fully saturated rings. The van der Waals surface area contributed by atoms with Crippen molar-refractivity contribution >= 4 is 13.7 Å². The third-order valence-electron chi connectivity index (χ3n) is 5.79. The van der Waals surface area contributed by atoms with Crippen LogP contribution >= 0.6 is 7.80 Å². The minimum atomic E-state index is -1.12. The lowest BCUT2D eigenvalue weighted by Crippen LogP contribution is -2.47. The Morgan fingerprint density at radius 3 is 2.36 bits per heavy atom. The summed E-state index contributed by atoms with van der Waals surface area (Å²) in [5.41, 5.74) is -0.308. The van der Waals surface area contributed by atoms with Crippen LogP contribution < -0.4 is 10.9 Å². The van der Waals surface area contributed by atoms with Crippen molar-refractivity contribution in [1.82, 2.24) is 24.7 Å². The largest absolute Gasteiger partial charge is 0.501 e. The molecule has 2 N–H and O–H groups in total. The van der Waals surface area contributed by atoms with Crippen LogP contribution in [0.4, 0.5) is 4.39 Å². The van der Waals surface area contributed by atoms with Crippen LogP contribution in [0.2, 0.25) is 0 Å². The van der Waals surface area contributed by atoms with Gasteiger partial charge >= 0.3 is 7.80 Å². The summed E-state index contributed by atoms with van der Waals surface area (Å²) in [6.07, 6.45) is 1.16. The molecule has 11 heteroatoms. The molecule has 33 heavy (non-hydrogen) atoms. The maximum absolute atomic E-state index is 13.0. The highest BCUT2D eigenvalue weighted by Crippen LogP contribution is 2.14. The average molecular weight is 478 g/mol. The Hall–Kier alpha value is -2.68. The standard InChI is InChI=1S/C22H29FN5O4P/c1-26-18(7-8-27-9-11-28(12-10-27)13-14-33(2)32)25-19(20(29)22(26)31)21(30)24-15-16-3-5-17(23)6-4-16/h3-6H,7-15H2,1-2H3,(H-,24,29,30)/p+1. The molecule has 1 aliphatic heterocycles. The number of piperazine rings is 1. The zero-order valence-corrected chi connectivity index (χ0v) is 19.9. The van der Waals surface area contributed by atoms with Crippen molar-refractivity contribution in [1.29, 1.82) is 0 Å². The SMILES string of the molecule is Cn1c(CCN2CCN(CC[P+](C)=O)CC2)nc(C(=O)NCc2ccc(F)cc2)c(O)c1=O. The summed E-state index contributed by atoms with van der Waals surface area (Å²) >= 11 is 0. The van der Waals surface area contributed by atoms with Crippen LogP contribution in [0.25, 0.3) is 0 Å². The van der Waals surface area contributed by atoms with E-state index >= 15 is 0 Å². The summed E-state index contributed by atoms with van der Waals surface area (Å²) < 4.78 is 25.6. The zero-order chi connectivity index (χ0) is 24.0. The maximum Gasteiger partial charge on any atom is 0.336 e. The van der Waals surface area contributed by atoms with Crippen molar-refractivity contribution in [3.8, 4) is 5.75 Å². The monoisotopic (exact) mass is 478 g/mol. The van der Waals surface area contributed by atoms with Crippen molar-refractivity contribution in [3.63, 3.8) is 0 Å². The van der Waals surface area contributed by atoms with E-state index in [1.165, 1.54) is 23.7 Å². The van der Waals surface area contributed by atoms with E-state index in [-0.39, 0.29) is 18.1 Å². The van der Waals surface area contributed by atoms with Gasteiger partial charge in [0.25, 0.3) is 11.5 Å². The number of carbonyl (C=O) groups excluding carboxylic acids is 1. The molecule has 2 heterocycles. The number of nitrogens with zero attached hydrogens (tertiary/aromatic N) is 4. The summed E-state index contributed by atoms with van der Waals surface area (Å²) in [6.45, 7) is 6.86. The Bertz CT molecular complexity index is 1050. The van der Waals surface area contributed by atoms with Gasteiger partial charge in [-0.15, -0.1) is 0 Å². The lowest BCUT2D eigenvalue weighted by Gasteiger charge is -2.33. The lowest BCUT2D eigenvalue weighted by atomic mass is 10.2. The van der Waals surface area contributed by atoms with Crippen LogP contribution in [-0.4, -0.2) is 82.5 Å². The van der Waals surface area contributed by atoms with E-state index in [1.54, 1.807) is 18.8 Å². The molecule has 1 aromatic carbocycles. The van der Waals surface area contributed by atoms with Crippen LogP contribution in [0.3, 0.4) is 0 Å². The van der Waals surface area contributed by atoms with Crippen molar-refractivity contribution in [2.24, 2.45) is 7.05 Å². The highest BCUT2D eigenvalue weighted by Gasteiger charge is 2.22. The van der Waals surface area contributed by atoms with Gasteiger partial charge in [0, 0.05) is 59.3 Å². The summed E-state index contributed by atoms with van der Waals surface area (Å²) in [4.78, 5) is 33.9. The molecule has 0 saturated carbocycles. The lowest BCUT2D eigenvalue weighted by molar-refractivity contribution is 0.0941. The van der Waals surface area contributed by atoms with Crippen molar-refractivity contribution < 1.29 is 18.9 Å². The van der Waals surface area contributed by atoms with Gasteiger partial charge in [-0.05, 0) is 17.7 Å². The van der Waals surface area contributed by atoms with E-state index in [0.29, 0.717) is 30.5 Å². The van der Waals surface area contributed by atoms with Gasteiger partial charge in [0.05, 0.1) is 0 Å². The van der Waals surface area contributed by atoms with Crippen LogP contribution in [0.15, 0.2) is 29.1 Å². The van der Waals surface area contributed by atoms with Gasteiger partial charge < -0.3 is 15.3 Å². The number of amides is 1. The number of hydrogen-bond donors (Lipinski definition) is 2. The molecule has 0 aliphatic carbocycles. The third-order valence-corrected chi connectivity index (χ3v) is 6.62. The zero-order valence-electron chi connectivity index (χ0n) is 19.0. The molecule has 1 amide bonds.